The fourth-order valence-electron chi connectivity index (χ4n) is 4.28. The lowest BCUT2D eigenvalue weighted by Gasteiger charge is -2.39. The third-order valence-corrected chi connectivity index (χ3v) is 7.65. The molecule has 2 aliphatic rings. The number of carbonyl (C=O) groups is 1. The molecule has 1 amide bonds. The summed E-state index contributed by atoms with van der Waals surface area (Å²) in [6.45, 7) is 4.58. The Morgan fingerprint density at radius 3 is 2.34 bits per heavy atom. The summed E-state index contributed by atoms with van der Waals surface area (Å²) in [6, 6.07) is 16.7. The van der Waals surface area contributed by atoms with E-state index in [0.29, 0.717) is 36.1 Å². The first kappa shape index (κ1) is 23.2. The van der Waals surface area contributed by atoms with Gasteiger partial charge in [0.2, 0.25) is 0 Å². The molecule has 8 nitrogen and oxygen atoms in total. The smallest absolute Gasteiger partial charge is 0.261 e. The number of anilines is 1. The molecule has 5 rings (SSSR count). The van der Waals surface area contributed by atoms with Crippen molar-refractivity contribution in [1.29, 1.82) is 0 Å². The molecule has 0 spiro atoms. The normalized spacial score (nSPS) is 16.0. The van der Waals surface area contributed by atoms with Crippen LogP contribution in [-0.2, 0) is 10.0 Å². The van der Waals surface area contributed by atoms with Crippen molar-refractivity contribution in [2.24, 2.45) is 0 Å². The molecule has 2 heterocycles. The van der Waals surface area contributed by atoms with Gasteiger partial charge in [-0.15, -0.1) is 0 Å². The van der Waals surface area contributed by atoms with Gasteiger partial charge in [-0.05, 0) is 74.7 Å². The number of pyridine rings is 1. The number of nitrogens with one attached hydrogen (secondary N) is 1. The van der Waals surface area contributed by atoms with Crippen LogP contribution in [0.1, 0.15) is 40.5 Å². The number of hydrogen-bond donors (Lipinski definition) is 1. The van der Waals surface area contributed by atoms with Gasteiger partial charge < -0.3 is 14.2 Å². The first-order chi connectivity index (χ1) is 16.7. The Labute approximate surface area is 204 Å². The van der Waals surface area contributed by atoms with Gasteiger partial charge in [-0.2, -0.15) is 0 Å². The molecule has 0 atom stereocenters. The Kier molecular flexibility index (Phi) is 5.88. The van der Waals surface area contributed by atoms with Crippen LogP contribution in [0.4, 0.5) is 5.69 Å². The highest BCUT2D eigenvalue weighted by Gasteiger charge is 2.33. The SMILES string of the molecule is Cc1cccc(S(=O)(=O)Nc2ccc(C(=O)N3CC(Oc4cc(C)n(C5CC5)c(=O)c4)C3)cc2)c1. The number of amides is 1. The van der Waals surface area contributed by atoms with Crippen molar-refractivity contribution in [2.75, 3.05) is 17.8 Å². The van der Waals surface area contributed by atoms with Gasteiger partial charge in [-0.3, -0.25) is 14.3 Å². The van der Waals surface area contributed by atoms with Crippen molar-refractivity contribution in [3.05, 3.63) is 87.8 Å². The number of benzene rings is 2. The van der Waals surface area contributed by atoms with Crippen molar-refractivity contribution in [3.63, 3.8) is 0 Å². The summed E-state index contributed by atoms with van der Waals surface area (Å²) in [6.07, 6.45) is 1.91. The number of sulfonamides is 1. The summed E-state index contributed by atoms with van der Waals surface area (Å²) < 4.78 is 35.5. The zero-order chi connectivity index (χ0) is 24.7. The maximum Gasteiger partial charge on any atom is 0.261 e. The molecule has 1 aliphatic heterocycles. The topological polar surface area (TPSA) is 97.7 Å². The molecule has 35 heavy (non-hydrogen) atoms. The predicted molar refractivity (Wildman–Crippen MR) is 132 cm³/mol. The van der Waals surface area contributed by atoms with Crippen LogP contribution in [0.5, 0.6) is 5.75 Å². The fraction of sp³-hybridized carbons (Fsp3) is 0.308. The van der Waals surface area contributed by atoms with E-state index in [2.05, 4.69) is 4.72 Å². The number of ether oxygens (including phenoxy) is 1. The zero-order valence-corrected chi connectivity index (χ0v) is 20.4. The average Bonchev–Trinajstić information content (AvgIpc) is 3.60. The maximum absolute atomic E-state index is 12.8. The molecule has 2 aromatic carbocycles. The Morgan fingerprint density at radius 1 is 1.00 bits per heavy atom. The Balaban J connectivity index is 1.17. The van der Waals surface area contributed by atoms with Crippen molar-refractivity contribution in [3.8, 4) is 5.75 Å². The molecule has 9 heteroatoms. The molecule has 182 valence electrons. The van der Waals surface area contributed by atoms with Crippen LogP contribution in [0.3, 0.4) is 0 Å². The van der Waals surface area contributed by atoms with Gasteiger partial charge in [0.1, 0.15) is 11.9 Å². The molecule has 0 bridgehead atoms. The van der Waals surface area contributed by atoms with Crippen LogP contribution >= 0.6 is 0 Å². The quantitative estimate of drug-likeness (QED) is 0.543. The molecule has 1 saturated heterocycles. The molecule has 2 fully saturated rings. The highest BCUT2D eigenvalue weighted by Crippen LogP contribution is 2.35. The van der Waals surface area contributed by atoms with E-state index in [1.807, 2.05) is 30.5 Å². The van der Waals surface area contributed by atoms with E-state index in [1.54, 1.807) is 41.3 Å². The van der Waals surface area contributed by atoms with Gasteiger partial charge in [0.15, 0.2) is 0 Å². The van der Waals surface area contributed by atoms with E-state index in [4.69, 9.17) is 4.74 Å². The molecule has 1 saturated carbocycles. The number of likely N-dealkylation sites (tertiary alicyclic amines) is 1. The van der Waals surface area contributed by atoms with E-state index in [0.717, 1.165) is 24.1 Å². The number of nitrogens with zero attached hydrogens (tertiary/aromatic N) is 2. The Bertz CT molecular complexity index is 1440. The van der Waals surface area contributed by atoms with Crippen LogP contribution in [0.15, 0.2) is 70.4 Å². The molecule has 0 unspecified atom stereocenters. The van der Waals surface area contributed by atoms with Crippen LogP contribution in [0.25, 0.3) is 0 Å². The largest absolute Gasteiger partial charge is 0.486 e. The highest BCUT2D eigenvalue weighted by atomic mass is 32.2. The van der Waals surface area contributed by atoms with Crippen LogP contribution in [-0.4, -0.2) is 43.0 Å². The van der Waals surface area contributed by atoms with Gasteiger partial charge in [0.05, 0.1) is 18.0 Å². The Morgan fingerprint density at radius 2 is 1.71 bits per heavy atom. The third kappa shape index (κ3) is 4.95. The number of aromatic nitrogens is 1. The second-order valence-electron chi connectivity index (χ2n) is 9.22. The first-order valence-electron chi connectivity index (χ1n) is 11.6. The average molecular weight is 494 g/mol. The summed E-state index contributed by atoms with van der Waals surface area (Å²) in [5.41, 5.74) is 2.53. The number of aryl methyl sites for hydroxylation is 2. The standard InChI is InChI=1S/C26H27N3O5S/c1-17-4-3-5-24(12-17)35(32,33)27-20-8-6-19(7-9-20)26(31)28-15-23(16-28)34-22-13-18(2)29(21-10-11-21)25(30)14-22/h3-9,12-14,21,23,27H,10-11,15-16H2,1-2H3. The lowest BCUT2D eigenvalue weighted by Crippen LogP contribution is -2.56. The van der Waals surface area contributed by atoms with E-state index in [1.165, 1.54) is 12.1 Å². The number of carbonyl (C=O) groups excluding carboxylic acids is 1. The van der Waals surface area contributed by atoms with Crippen LogP contribution < -0.4 is 15.0 Å². The first-order valence-corrected chi connectivity index (χ1v) is 13.1. The zero-order valence-electron chi connectivity index (χ0n) is 19.6. The van der Waals surface area contributed by atoms with E-state index >= 15 is 0 Å². The lowest BCUT2D eigenvalue weighted by molar-refractivity contribution is 0.0176. The molecule has 1 aromatic heterocycles. The van der Waals surface area contributed by atoms with E-state index in [-0.39, 0.29) is 22.5 Å². The van der Waals surface area contributed by atoms with Gasteiger partial charge in [-0.25, -0.2) is 8.42 Å². The van der Waals surface area contributed by atoms with Crippen molar-refractivity contribution < 1.29 is 17.9 Å². The summed E-state index contributed by atoms with van der Waals surface area (Å²) in [5.74, 6) is 0.380. The van der Waals surface area contributed by atoms with Gasteiger partial charge in [0.25, 0.3) is 21.5 Å². The minimum absolute atomic E-state index is 0.0483. The molecular formula is C26H27N3O5S. The van der Waals surface area contributed by atoms with E-state index < -0.39 is 10.0 Å². The minimum atomic E-state index is -3.71. The van der Waals surface area contributed by atoms with Crippen molar-refractivity contribution >= 4 is 21.6 Å². The summed E-state index contributed by atoms with van der Waals surface area (Å²) >= 11 is 0. The van der Waals surface area contributed by atoms with E-state index in [9.17, 15) is 18.0 Å². The monoisotopic (exact) mass is 493 g/mol. The molecule has 1 aliphatic carbocycles. The van der Waals surface area contributed by atoms with Crippen LogP contribution in [0.2, 0.25) is 0 Å². The fourth-order valence-corrected chi connectivity index (χ4v) is 5.44. The third-order valence-electron chi connectivity index (χ3n) is 6.27. The van der Waals surface area contributed by atoms with Crippen LogP contribution in [0, 0.1) is 13.8 Å². The maximum atomic E-state index is 12.8. The highest BCUT2D eigenvalue weighted by molar-refractivity contribution is 7.92. The molecule has 0 radical (unpaired) electrons. The van der Waals surface area contributed by atoms with Gasteiger partial charge in [0, 0.05) is 29.1 Å². The van der Waals surface area contributed by atoms with Gasteiger partial charge >= 0.3 is 0 Å². The summed E-state index contributed by atoms with van der Waals surface area (Å²) in [4.78, 5) is 27.0. The van der Waals surface area contributed by atoms with Crippen molar-refractivity contribution in [1.82, 2.24) is 9.47 Å². The van der Waals surface area contributed by atoms with Crippen molar-refractivity contribution in [2.45, 2.75) is 43.7 Å². The summed E-state index contributed by atoms with van der Waals surface area (Å²) in [5, 5.41) is 0. The van der Waals surface area contributed by atoms with Gasteiger partial charge in [-0.1, -0.05) is 12.1 Å². The number of rotatable bonds is 7. The molecule has 1 N–H and O–H groups in total. The predicted octanol–water partition coefficient (Wildman–Crippen LogP) is 3.50. The lowest BCUT2D eigenvalue weighted by atomic mass is 10.1. The second-order valence-corrected chi connectivity index (χ2v) is 10.9. The summed E-state index contributed by atoms with van der Waals surface area (Å²) in [7, 11) is -3.71. The molecular weight excluding hydrogens is 466 g/mol. The Hall–Kier alpha value is -3.59. The molecule has 3 aromatic rings. The minimum Gasteiger partial charge on any atom is -0.486 e. The number of hydrogen-bond acceptors (Lipinski definition) is 5. The second kappa shape index (κ2) is 8.88.